The van der Waals surface area contributed by atoms with Crippen LogP contribution in [0.4, 0.5) is 0 Å². The van der Waals surface area contributed by atoms with Gasteiger partial charge in [-0.05, 0) is 27.2 Å². The number of rotatable bonds is 3. The van der Waals surface area contributed by atoms with E-state index in [-0.39, 0.29) is 5.92 Å². The molecule has 0 aromatic heterocycles. The van der Waals surface area contributed by atoms with E-state index in [0.717, 1.165) is 12.8 Å². The van der Waals surface area contributed by atoms with Crippen molar-refractivity contribution in [3.05, 3.63) is 0 Å². The van der Waals surface area contributed by atoms with Crippen molar-refractivity contribution in [1.29, 1.82) is 0 Å². The SMILES string of the molecule is CCCCC(C)C#CC(=O)OC(C)(C)C. The van der Waals surface area contributed by atoms with Gasteiger partial charge in [0.05, 0.1) is 0 Å². The number of esters is 1. The largest absolute Gasteiger partial charge is 0.450 e. The summed E-state index contributed by atoms with van der Waals surface area (Å²) in [5, 5.41) is 0. The second-order valence-corrected chi connectivity index (χ2v) is 4.81. The molecular weight excluding hydrogens is 188 g/mol. The van der Waals surface area contributed by atoms with Crippen molar-refractivity contribution in [2.24, 2.45) is 5.92 Å². The molecule has 0 saturated carbocycles. The summed E-state index contributed by atoms with van der Waals surface area (Å²) < 4.78 is 5.08. The van der Waals surface area contributed by atoms with Gasteiger partial charge in [-0.15, -0.1) is 0 Å². The summed E-state index contributed by atoms with van der Waals surface area (Å²) in [6.45, 7) is 9.70. The van der Waals surface area contributed by atoms with E-state index in [0.29, 0.717) is 0 Å². The Hall–Kier alpha value is -0.970. The molecule has 2 nitrogen and oxygen atoms in total. The molecule has 1 unspecified atom stereocenters. The van der Waals surface area contributed by atoms with E-state index >= 15 is 0 Å². The lowest BCUT2D eigenvalue weighted by Gasteiger charge is -2.17. The van der Waals surface area contributed by atoms with Gasteiger partial charge in [-0.25, -0.2) is 4.79 Å². The summed E-state index contributed by atoms with van der Waals surface area (Å²) in [5.41, 5.74) is -0.446. The molecule has 0 radical (unpaired) electrons. The highest BCUT2D eigenvalue weighted by molar-refractivity contribution is 5.88. The maximum absolute atomic E-state index is 11.2. The van der Waals surface area contributed by atoms with Crippen LogP contribution in [0.2, 0.25) is 0 Å². The summed E-state index contributed by atoms with van der Waals surface area (Å²) in [4.78, 5) is 11.2. The van der Waals surface area contributed by atoms with E-state index in [1.807, 2.05) is 27.7 Å². The van der Waals surface area contributed by atoms with Crippen LogP contribution in [0.1, 0.15) is 53.9 Å². The molecule has 0 bridgehead atoms. The quantitative estimate of drug-likeness (QED) is 0.406. The molecular formula is C13H22O2. The minimum atomic E-state index is -0.446. The van der Waals surface area contributed by atoms with Crippen molar-refractivity contribution in [3.63, 3.8) is 0 Å². The van der Waals surface area contributed by atoms with Crippen LogP contribution in [0.3, 0.4) is 0 Å². The zero-order valence-corrected chi connectivity index (χ0v) is 10.5. The van der Waals surface area contributed by atoms with Crippen LogP contribution in [0, 0.1) is 17.8 Å². The van der Waals surface area contributed by atoms with Crippen LogP contribution in [0.25, 0.3) is 0 Å². The highest BCUT2D eigenvalue weighted by Gasteiger charge is 2.14. The van der Waals surface area contributed by atoms with Crippen LogP contribution in [-0.4, -0.2) is 11.6 Å². The van der Waals surface area contributed by atoms with Gasteiger partial charge >= 0.3 is 5.97 Å². The van der Waals surface area contributed by atoms with E-state index in [9.17, 15) is 4.79 Å². The lowest BCUT2D eigenvalue weighted by molar-refractivity contribution is -0.147. The average Bonchev–Trinajstić information content (AvgIpc) is 2.08. The molecule has 0 fully saturated rings. The van der Waals surface area contributed by atoms with E-state index in [1.165, 1.54) is 6.42 Å². The smallest absolute Gasteiger partial charge is 0.384 e. The van der Waals surface area contributed by atoms with Crippen molar-refractivity contribution in [2.75, 3.05) is 0 Å². The fourth-order valence-electron chi connectivity index (χ4n) is 1.07. The third kappa shape index (κ3) is 9.34. The van der Waals surface area contributed by atoms with Gasteiger partial charge in [0, 0.05) is 11.8 Å². The zero-order chi connectivity index (χ0) is 11.9. The lowest BCUT2D eigenvalue weighted by atomic mass is 10.1. The Morgan fingerprint density at radius 1 is 1.40 bits per heavy atom. The normalized spacial score (nSPS) is 12.6. The second-order valence-electron chi connectivity index (χ2n) is 4.81. The van der Waals surface area contributed by atoms with Gasteiger partial charge in [0.2, 0.25) is 0 Å². The summed E-state index contributed by atoms with van der Waals surface area (Å²) in [6.07, 6.45) is 3.37. The third-order valence-electron chi connectivity index (χ3n) is 1.81. The lowest BCUT2D eigenvalue weighted by Crippen LogP contribution is -2.22. The second kappa shape index (κ2) is 6.50. The first kappa shape index (κ1) is 14.0. The van der Waals surface area contributed by atoms with Crippen LogP contribution in [-0.2, 0) is 9.53 Å². The predicted octanol–water partition coefficient (Wildman–Crippen LogP) is 3.16. The molecule has 0 heterocycles. The molecule has 0 aliphatic carbocycles. The first-order valence-electron chi connectivity index (χ1n) is 5.59. The van der Waals surface area contributed by atoms with Gasteiger partial charge in [0.25, 0.3) is 0 Å². The van der Waals surface area contributed by atoms with Crippen LogP contribution in [0.5, 0.6) is 0 Å². The molecule has 0 aliphatic heterocycles. The van der Waals surface area contributed by atoms with Gasteiger partial charge in [-0.1, -0.05) is 32.6 Å². The highest BCUT2D eigenvalue weighted by atomic mass is 16.6. The minimum Gasteiger partial charge on any atom is -0.450 e. The molecule has 0 aromatic carbocycles. The number of carbonyl (C=O) groups excluding carboxylic acids is 1. The highest BCUT2D eigenvalue weighted by Crippen LogP contribution is 2.08. The monoisotopic (exact) mass is 210 g/mol. The standard InChI is InChI=1S/C13H22O2/c1-6-7-8-11(2)9-10-12(14)15-13(3,4)5/h11H,6-8H2,1-5H3. The van der Waals surface area contributed by atoms with E-state index in [2.05, 4.69) is 18.8 Å². The number of unbranched alkanes of at least 4 members (excludes halogenated alkanes) is 1. The molecule has 0 N–H and O–H groups in total. The van der Waals surface area contributed by atoms with Crippen LogP contribution >= 0.6 is 0 Å². The van der Waals surface area contributed by atoms with Crippen molar-refractivity contribution in [1.82, 2.24) is 0 Å². The summed E-state index contributed by atoms with van der Waals surface area (Å²) >= 11 is 0. The molecule has 1 atom stereocenters. The number of carbonyl (C=O) groups is 1. The predicted molar refractivity (Wildman–Crippen MR) is 62.3 cm³/mol. The van der Waals surface area contributed by atoms with Crippen molar-refractivity contribution in [2.45, 2.75) is 59.5 Å². The Morgan fingerprint density at radius 3 is 2.47 bits per heavy atom. The maximum atomic E-state index is 11.2. The molecule has 0 amide bonds. The molecule has 0 saturated heterocycles. The molecule has 0 spiro atoms. The maximum Gasteiger partial charge on any atom is 0.384 e. The molecule has 0 rings (SSSR count). The first-order chi connectivity index (χ1) is 6.85. The molecule has 0 aliphatic rings. The average molecular weight is 210 g/mol. The Labute approximate surface area is 93.4 Å². The van der Waals surface area contributed by atoms with E-state index in [4.69, 9.17) is 4.74 Å². The topological polar surface area (TPSA) is 26.3 Å². The number of hydrogen-bond acceptors (Lipinski definition) is 2. The fourth-order valence-corrected chi connectivity index (χ4v) is 1.07. The fraction of sp³-hybridized carbons (Fsp3) is 0.769. The van der Waals surface area contributed by atoms with Crippen molar-refractivity contribution >= 4 is 5.97 Å². The summed E-state index contributed by atoms with van der Waals surface area (Å²) in [7, 11) is 0. The number of ether oxygens (including phenoxy) is 1. The molecule has 0 aromatic rings. The Bertz CT molecular complexity index is 250. The Kier molecular flexibility index (Phi) is 6.08. The van der Waals surface area contributed by atoms with Gasteiger partial charge in [-0.3, -0.25) is 0 Å². The van der Waals surface area contributed by atoms with Crippen LogP contribution in [0.15, 0.2) is 0 Å². The minimum absolute atomic E-state index is 0.275. The summed E-state index contributed by atoms with van der Waals surface area (Å²) in [6, 6.07) is 0. The van der Waals surface area contributed by atoms with E-state index in [1.54, 1.807) is 0 Å². The zero-order valence-electron chi connectivity index (χ0n) is 10.5. The van der Waals surface area contributed by atoms with Gasteiger partial charge < -0.3 is 4.74 Å². The first-order valence-corrected chi connectivity index (χ1v) is 5.59. The van der Waals surface area contributed by atoms with Crippen LogP contribution < -0.4 is 0 Å². The van der Waals surface area contributed by atoms with Gasteiger partial charge in [0.15, 0.2) is 0 Å². The molecule has 15 heavy (non-hydrogen) atoms. The molecule has 86 valence electrons. The van der Waals surface area contributed by atoms with Crippen molar-refractivity contribution < 1.29 is 9.53 Å². The third-order valence-corrected chi connectivity index (χ3v) is 1.81. The van der Waals surface area contributed by atoms with Crippen molar-refractivity contribution in [3.8, 4) is 11.8 Å². The van der Waals surface area contributed by atoms with E-state index < -0.39 is 11.6 Å². The Morgan fingerprint density at radius 2 is 2.00 bits per heavy atom. The van der Waals surface area contributed by atoms with Gasteiger partial charge in [0.1, 0.15) is 5.60 Å². The number of hydrogen-bond donors (Lipinski definition) is 0. The molecule has 2 heteroatoms. The Balaban J connectivity index is 4.00. The van der Waals surface area contributed by atoms with Gasteiger partial charge in [-0.2, -0.15) is 0 Å². The summed E-state index contributed by atoms with van der Waals surface area (Å²) in [5.74, 6) is 5.30.